The summed E-state index contributed by atoms with van der Waals surface area (Å²) >= 11 is 0. The molecule has 3 heterocycles. The van der Waals surface area contributed by atoms with Gasteiger partial charge in [-0.25, -0.2) is 9.67 Å². The molecule has 1 amide bonds. The van der Waals surface area contributed by atoms with Crippen LogP contribution in [0, 0.1) is 13.8 Å². The lowest BCUT2D eigenvalue weighted by Crippen LogP contribution is -2.30. The number of aryl methyl sites for hydroxylation is 3. The van der Waals surface area contributed by atoms with Crippen molar-refractivity contribution in [2.75, 3.05) is 0 Å². The molecular weight excluding hydrogens is 398 g/mol. The zero-order valence-corrected chi connectivity index (χ0v) is 18.7. The molecule has 1 aromatic carbocycles. The molecule has 4 aromatic rings. The van der Waals surface area contributed by atoms with Crippen molar-refractivity contribution < 1.29 is 4.79 Å². The number of hydrogen-bond donors (Lipinski definition) is 0. The molecule has 0 saturated carbocycles. The Hall–Kier alpha value is -3.80. The molecule has 0 bridgehead atoms. The van der Waals surface area contributed by atoms with Gasteiger partial charge in [0.1, 0.15) is 0 Å². The summed E-state index contributed by atoms with van der Waals surface area (Å²) in [5.74, 6) is 0.627. The summed E-state index contributed by atoms with van der Waals surface area (Å²) in [4.78, 5) is 24.0. The normalized spacial score (nSPS) is 10.8. The smallest absolute Gasteiger partial charge is 0.256 e. The second-order valence-corrected chi connectivity index (χ2v) is 7.94. The van der Waals surface area contributed by atoms with Gasteiger partial charge in [-0.1, -0.05) is 37.3 Å². The molecule has 3 aromatic heterocycles. The fourth-order valence-corrected chi connectivity index (χ4v) is 3.69. The molecular formula is C26H27N5O. The van der Waals surface area contributed by atoms with Gasteiger partial charge in [0.25, 0.3) is 5.91 Å². The topological polar surface area (TPSA) is 63.9 Å². The Balaban J connectivity index is 1.59. The maximum absolute atomic E-state index is 13.4. The highest BCUT2D eigenvalue weighted by atomic mass is 16.2. The van der Waals surface area contributed by atoms with E-state index in [-0.39, 0.29) is 5.91 Å². The molecule has 0 aliphatic heterocycles. The summed E-state index contributed by atoms with van der Waals surface area (Å²) < 4.78 is 1.78. The first-order chi connectivity index (χ1) is 15.5. The summed E-state index contributed by atoms with van der Waals surface area (Å²) in [5, 5.41) is 4.47. The van der Waals surface area contributed by atoms with Crippen molar-refractivity contribution in [3.8, 4) is 5.82 Å². The minimum Gasteiger partial charge on any atom is -0.330 e. The van der Waals surface area contributed by atoms with E-state index in [4.69, 9.17) is 0 Å². The maximum atomic E-state index is 13.4. The van der Waals surface area contributed by atoms with Crippen molar-refractivity contribution in [1.82, 2.24) is 24.6 Å². The van der Waals surface area contributed by atoms with E-state index in [2.05, 4.69) is 46.3 Å². The van der Waals surface area contributed by atoms with Gasteiger partial charge in [-0.2, -0.15) is 5.10 Å². The Kier molecular flexibility index (Phi) is 6.40. The first kappa shape index (κ1) is 21.4. The predicted molar refractivity (Wildman–Crippen MR) is 124 cm³/mol. The van der Waals surface area contributed by atoms with Crippen LogP contribution in [0.3, 0.4) is 0 Å². The number of carbonyl (C=O) groups is 1. The molecule has 0 radical (unpaired) electrons. The van der Waals surface area contributed by atoms with E-state index in [9.17, 15) is 4.79 Å². The average Bonchev–Trinajstić information content (AvgIpc) is 3.17. The van der Waals surface area contributed by atoms with Crippen LogP contribution >= 0.6 is 0 Å². The Morgan fingerprint density at radius 3 is 2.28 bits per heavy atom. The van der Waals surface area contributed by atoms with Crippen molar-refractivity contribution in [3.05, 3.63) is 107 Å². The number of benzene rings is 1. The second-order valence-electron chi connectivity index (χ2n) is 7.94. The van der Waals surface area contributed by atoms with Crippen LogP contribution in [0.5, 0.6) is 0 Å². The van der Waals surface area contributed by atoms with Crippen LogP contribution in [0.25, 0.3) is 5.82 Å². The third-order valence-electron chi connectivity index (χ3n) is 5.41. The highest BCUT2D eigenvalue weighted by Crippen LogP contribution is 2.16. The molecule has 6 nitrogen and oxygen atoms in total. The van der Waals surface area contributed by atoms with E-state index in [0.717, 1.165) is 28.9 Å². The third kappa shape index (κ3) is 4.91. The zero-order valence-electron chi connectivity index (χ0n) is 18.7. The van der Waals surface area contributed by atoms with Crippen LogP contribution in [0.2, 0.25) is 0 Å². The minimum absolute atomic E-state index is 0.0687. The van der Waals surface area contributed by atoms with Gasteiger partial charge in [-0.05, 0) is 61.2 Å². The number of amides is 1. The van der Waals surface area contributed by atoms with Crippen LogP contribution < -0.4 is 0 Å². The third-order valence-corrected chi connectivity index (χ3v) is 5.41. The van der Waals surface area contributed by atoms with E-state index in [1.165, 1.54) is 5.56 Å². The highest BCUT2D eigenvalue weighted by molar-refractivity contribution is 5.94. The summed E-state index contributed by atoms with van der Waals surface area (Å²) in [5.41, 5.74) is 5.83. The van der Waals surface area contributed by atoms with Gasteiger partial charge in [0.2, 0.25) is 0 Å². The summed E-state index contributed by atoms with van der Waals surface area (Å²) in [7, 11) is 0. The van der Waals surface area contributed by atoms with Crippen molar-refractivity contribution in [1.29, 1.82) is 0 Å². The summed E-state index contributed by atoms with van der Waals surface area (Å²) in [6, 6.07) is 17.9. The van der Waals surface area contributed by atoms with Crippen LogP contribution in [0.1, 0.15) is 45.4 Å². The molecule has 0 saturated heterocycles. The molecule has 162 valence electrons. The van der Waals surface area contributed by atoms with Crippen molar-refractivity contribution in [2.24, 2.45) is 0 Å². The van der Waals surface area contributed by atoms with Crippen molar-refractivity contribution >= 4 is 5.91 Å². The molecule has 6 heteroatoms. The largest absolute Gasteiger partial charge is 0.330 e. The Labute approximate surface area is 188 Å². The molecule has 4 rings (SSSR count). The van der Waals surface area contributed by atoms with Gasteiger partial charge < -0.3 is 4.90 Å². The summed E-state index contributed by atoms with van der Waals surface area (Å²) in [6.45, 7) is 7.05. The van der Waals surface area contributed by atoms with Crippen molar-refractivity contribution in [3.63, 3.8) is 0 Å². The molecule has 0 unspecified atom stereocenters. The fourth-order valence-electron chi connectivity index (χ4n) is 3.69. The Bertz CT molecular complexity index is 1180. The molecule has 32 heavy (non-hydrogen) atoms. The first-order valence-electron chi connectivity index (χ1n) is 10.8. The number of pyridine rings is 2. The monoisotopic (exact) mass is 425 g/mol. The quantitative estimate of drug-likeness (QED) is 0.431. The van der Waals surface area contributed by atoms with E-state index in [1.54, 1.807) is 23.3 Å². The van der Waals surface area contributed by atoms with Crippen molar-refractivity contribution in [2.45, 2.75) is 40.3 Å². The minimum atomic E-state index is -0.0687. The van der Waals surface area contributed by atoms with Crippen LogP contribution in [-0.4, -0.2) is 30.6 Å². The average molecular weight is 426 g/mol. The zero-order chi connectivity index (χ0) is 22.5. The molecule has 0 atom stereocenters. The molecule has 0 aliphatic rings. The van der Waals surface area contributed by atoms with Gasteiger partial charge >= 0.3 is 0 Å². The SMILES string of the molecule is CCc1ccc(CN(Cc2cccnc2)C(=O)c2ccc(-n3nc(C)cc3C)nc2)cc1. The Morgan fingerprint density at radius 1 is 0.938 bits per heavy atom. The Morgan fingerprint density at radius 2 is 1.69 bits per heavy atom. The molecule has 0 spiro atoms. The van der Waals surface area contributed by atoms with Gasteiger partial charge in [0, 0.05) is 37.4 Å². The standard InChI is InChI=1S/C26H27N5O/c1-4-21-7-9-22(10-8-21)17-30(18-23-6-5-13-27-15-23)26(32)24-11-12-25(28-16-24)31-20(3)14-19(2)29-31/h5-16H,4,17-18H2,1-3H3. The maximum Gasteiger partial charge on any atom is 0.256 e. The van der Waals surface area contributed by atoms with Gasteiger partial charge in [-0.3, -0.25) is 9.78 Å². The van der Waals surface area contributed by atoms with Gasteiger partial charge in [-0.15, -0.1) is 0 Å². The lowest BCUT2D eigenvalue weighted by atomic mass is 10.1. The van der Waals surface area contributed by atoms with Crippen LogP contribution in [-0.2, 0) is 19.5 Å². The first-order valence-corrected chi connectivity index (χ1v) is 10.8. The molecule has 0 N–H and O–H groups in total. The van der Waals surface area contributed by atoms with E-state index < -0.39 is 0 Å². The van der Waals surface area contributed by atoms with Gasteiger partial charge in [0.15, 0.2) is 5.82 Å². The number of carbonyl (C=O) groups excluding carboxylic acids is 1. The van der Waals surface area contributed by atoms with Crippen LogP contribution in [0.4, 0.5) is 0 Å². The molecule has 0 aliphatic carbocycles. The van der Waals surface area contributed by atoms with Gasteiger partial charge in [0.05, 0.1) is 11.3 Å². The number of hydrogen-bond acceptors (Lipinski definition) is 4. The fraction of sp³-hybridized carbons (Fsp3) is 0.231. The lowest BCUT2D eigenvalue weighted by Gasteiger charge is -2.23. The second kappa shape index (κ2) is 9.56. The number of rotatable bonds is 7. The van der Waals surface area contributed by atoms with E-state index >= 15 is 0 Å². The number of aromatic nitrogens is 4. The molecule has 0 fully saturated rings. The number of nitrogens with zero attached hydrogens (tertiary/aromatic N) is 5. The summed E-state index contributed by atoms with van der Waals surface area (Å²) in [6.07, 6.45) is 6.15. The predicted octanol–water partition coefficient (Wildman–Crippen LogP) is 4.68. The highest BCUT2D eigenvalue weighted by Gasteiger charge is 2.18. The van der Waals surface area contributed by atoms with Crippen LogP contribution in [0.15, 0.2) is 73.2 Å². The van der Waals surface area contributed by atoms with E-state index in [0.29, 0.717) is 24.5 Å². The lowest BCUT2D eigenvalue weighted by molar-refractivity contribution is 0.0729. The van der Waals surface area contributed by atoms with E-state index in [1.807, 2.05) is 49.1 Å².